The third kappa shape index (κ3) is 7.58. The lowest BCUT2D eigenvalue weighted by atomic mass is 10.0. The fourth-order valence-corrected chi connectivity index (χ4v) is 10.7. The number of anilines is 6. The zero-order valence-electron chi connectivity index (χ0n) is 40.2. The number of nitrogens with zero attached hydrogens (tertiary/aromatic N) is 4. The van der Waals surface area contributed by atoms with E-state index < -0.39 is 0 Å². The monoisotopic (exact) mass is 922 g/mol. The van der Waals surface area contributed by atoms with E-state index >= 15 is 0 Å². The predicted octanol–water partition coefficient (Wildman–Crippen LogP) is 18.8. The molecule has 11 aromatic carbocycles. The molecule has 0 saturated carbocycles. The SMILES string of the molecule is Cc1ccc2c(c1)c1cc3c4cc(C)ccc4n(-c4ccc(-c5ccc(N(c6ccccc6)c6ccccc6)cc5)cc4)c3cc1n2-c1ccc(-c2ccc(N(c3ccccc3)c3ccccc3)cc2)cc1. The van der Waals surface area contributed by atoms with E-state index in [1.54, 1.807) is 0 Å². The second kappa shape index (κ2) is 17.9. The van der Waals surface area contributed by atoms with Crippen LogP contribution in [-0.4, -0.2) is 9.13 Å². The zero-order valence-corrected chi connectivity index (χ0v) is 40.2. The van der Waals surface area contributed by atoms with Crippen LogP contribution in [0.4, 0.5) is 34.1 Å². The van der Waals surface area contributed by atoms with Gasteiger partial charge in [0, 0.05) is 67.0 Å². The number of aryl methyl sites for hydroxylation is 2. The van der Waals surface area contributed by atoms with E-state index in [1.807, 2.05) is 0 Å². The normalized spacial score (nSPS) is 11.5. The Kier molecular flexibility index (Phi) is 10.6. The van der Waals surface area contributed by atoms with Crippen molar-refractivity contribution in [2.75, 3.05) is 9.80 Å². The molecule has 0 fully saturated rings. The van der Waals surface area contributed by atoms with Crippen LogP contribution in [0.1, 0.15) is 11.1 Å². The topological polar surface area (TPSA) is 16.3 Å². The van der Waals surface area contributed by atoms with Gasteiger partial charge in [-0.25, -0.2) is 0 Å². The Hall–Kier alpha value is -9.38. The molecule has 0 unspecified atom stereocenters. The van der Waals surface area contributed by atoms with Gasteiger partial charge in [0.1, 0.15) is 0 Å². The van der Waals surface area contributed by atoms with E-state index in [1.165, 1.54) is 77.0 Å². The first kappa shape index (κ1) is 42.7. The first-order valence-electron chi connectivity index (χ1n) is 24.7. The van der Waals surface area contributed by atoms with Gasteiger partial charge in [-0.3, -0.25) is 0 Å². The molecule has 2 heterocycles. The molecule has 13 aromatic rings. The van der Waals surface area contributed by atoms with Gasteiger partial charge in [-0.05, 0) is 170 Å². The molecule has 0 atom stereocenters. The predicted molar refractivity (Wildman–Crippen MR) is 305 cm³/mol. The quantitative estimate of drug-likeness (QED) is 0.136. The molecule has 2 aromatic heterocycles. The summed E-state index contributed by atoms with van der Waals surface area (Å²) in [6, 6.07) is 96.8. The molecule has 0 radical (unpaired) electrons. The van der Waals surface area contributed by atoms with E-state index in [2.05, 4.69) is 300 Å². The van der Waals surface area contributed by atoms with Gasteiger partial charge in [-0.15, -0.1) is 0 Å². The summed E-state index contributed by atoms with van der Waals surface area (Å²) >= 11 is 0. The lowest BCUT2D eigenvalue weighted by Crippen LogP contribution is -2.09. The number of para-hydroxylation sites is 4. The summed E-state index contributed by atoms with van der Waals surface area (Å²) in [5.41, 5.74) is 20.9. The maximum Gasteiger partial charge on any atom is 0.0562 e. The Labute approximate surface area is 420 Å². The molecule has 0 amide bonds. The fraction of sp³-hybridized carbons (Fsp3) is 0.0294. The summed E-state index contributed by atoms with van der Waals surface area (Å²) < 4.78 is 4.90. The van der Waals surface area contributed by atoms with Crippen molar-refractivity contribution in [3.05, 3.63) is 278 Å². The smallest absolute Gasteiger partial charge is 0.0562 e. The summed E-state index contributed by atoms with van der Waals surface area (Å²) in [6.45, 7) is 4.38. The second-order valence-corrected chi connectivity index (χ2v) is 18.8. The molecule has 0 spiro atoms. The molecule has 4 nitrogen and oxygen atoms in total. The van der Waals surface area contributed by atoms with Crippen molar-refractivity contribution in [1.82, 2.24) is 9.13 Å². The van der Waals surface area contributed by atoms with Crippen LogP contribution in [0.3, 0.4) is 0 Å². The van der Waals surface area contributed by atoms with Crippen LogP contribution in [0, 0.1) is 13.8 Å². The maximum absolute atomic E-state index is 2.45. The van der Waals surface area contributed by atoms with Gasteiger partial charge in [0.2, 0.25) is 0 Å². The Morgan fingerprint density at radius 1 is 0.236 bits per heavy atom. The number of aromatic nitrogens is 2. The molecule has 0 aliphatic heterocycles. The molecule has 4 heteroatoms. The van der Waals surface area contributed by atoms with Crippen LogP contribution in [0.5, 0.6) is 0 Å². The van der Waals surface area contributed by atoms with Gasteiger partial charge >= 0.3 is 0 Å². The summed E-state index contributed by atoms with van der Waals surface area (Å²) in [5, 5.41) is 5.01. The third-order valence-corrected chi connectivity index (χ3v) is 14.2. The van der Waals surface area contributed by atoms with Crippen LogP contribution in [0.15, 0.2) is 267 Å². The molecule has 342 valence electrons. The number of fused-ring (bicyclic) bond motifs is 6. The van der Waals surface area contributed by atoms with Crippen LogP contribution in [-0.2, 0) is 0 Å². The van der Waals surface area contributed by atoms with Crippen LogP contribution >= 0.6 is 0 Å². The van der Waals surface area contributed by atoms with E-state index in [9.17, 15) is 0 Å². The van der Waals surface area contributed by atoms with E-state index in [0.29, 0.717) is 0 Å². The van der Waals surface area contributed by atoms with Crippen LogP contribution < -0.4 is 9.80 Å². The van der Waals surface area contributed by atoms with Gasteiger partial charge in [-0.1, -0.05) is 145 Å². The average Bonchev–Trinajstić information content (AvgIpc) is 3.92. The van der Waals surface area contributed by atoms with Crippen molar-refractivity contribution in [3.63, 3.8) is 0 Å². The lowest BCUT2D eigenvalue weighted by molar-refractivity contribution is 1.16. The molecule has 0 bridgehead atoms. The van der Waals surface area contributed by atoms with Gasteiger partial charge in [0.05, 0.1) is 22.1 Å². The molecule has 0 aliphatic rings. The third-order valence-electron chi connectivity index (χ3n) is 14.2. The molecule has 0 aliphatic carbocycles. The lowest BCUT2D eigenvalue weighted by Gasteiger charge is -2.25. The number of hydrogen-bond acceptors (Lipinski definition) is 2. The van der Waals surface area contributed by atoms with Crippen molar-refractivity contribution in [1.29, 1.82) is 0 Å². The highest BCUT2D eigenvalue weighted by atomic mass is 15.1. The summed E-state index contributed by atoms with van der Waals surface area (Å²) in [4.78, 5) is 4.60. The second-order valence-electron chi connectivity index (χ2n) is 18.8. The summed E-state index contributed by atoms with van der Waals surface area (Å²) in [7, 11) is 0. The minimum absolute atomic E-state index is 1.11. The first-order chi connectivity index (χ1) is 35.5. The van der Waals surface area contributed by atoms with E-state index in [0.717, 1.165) is 45.5 Å². The molecule has 13 rings (SSSR count). The largest absolute Gasteiger partial charge is 0.311 e. The highest BCUT2D eigenvalue weighted by molar-refractivity contribution is 6.19. The molecule has 0 N–H and O–H groups in total. The standard InChI is InChI=1S/C68H50N4/c1-47-23-41-65-61(43-47)63-45-64-62-44-48(2)24-42-66(62)72(60-39-31-52(32-40-60)50-27-35-58(36-28-50)70(55-19-11-5-12-20-55)56-21-13-6-14-22-56)68(64)46-67(63)71(65)59-37-29-51(30-38-59)49-25-33-57(34-26-49)69(53-15-7-3-8-16-53)54-17-9-4-10-18-54/h3-46H,1-2H3. The molecule has 0 saturated heterocycles. The fourth-order valence-electron chi connectivity index (χ4n) is 10.7. The minimum atomic E-state index is 1.11. The van der Waals surface area contributed by atoms with Crippen molar-refractivity contribution in [2.45, 2.75) is 13.8 Å². The Morgan fingerprint density at radius 2 is 0.514 bits per heavy atom. The zero-order chi connectivity index (χ0) is 48.1. The van der Waals surface area contributed by atoms with Crippen molar-refractivity contribution in [3.8, 4) is 33.6 Å². The van der Waals surface area contributed by atoms with Gasteiger partial charge in [0.25, 0.3) is 0 Å². The number of rotatable bonds is 10. The first-order valence-corrected chi connectivity index (χ1v) is 24.7. The van der Waals surface area contributed by atoms with Crippen molar-refractivity contribution in [2.24, 2.45) is 0 Å². The summed E-state index contributed by atoms with van der Waals surface area (Å²) in [5.74, 6) is 0. The van der Waals surface area contributed by atoms with E-state index in [4.69, 9.17) is 0 Å². The molecular formula is C68H50N4. The number of benzene rings is 11. The van der Waals surface area contributed by atoms with Gasteiger partial charge < -0.3 is 18.9 Å². The van der Waals surface area contributed by atoms with Crippen molar-refractivity contribution < 1.29 is 0 Å². The highest BCUT2D eigenvalue weighted by Crippen LogP contribution is 2.42. The highest BCUT2D eigenvalue weighted by Gasteiger charge is 2.20. The van der Waals surface area contributed by atoms with E-state index in [-0.39, 0.29) is 0 Å². The Morgan fingerprint density at radius 3 is 0.833 bits per heavy atom. The van der Waals surface area contributed by atoms with Gasteiger partial charge in [-0.2, -0.15) is 0 Å². The molecule has 72 heavy (non-hydrogen) atoms. The Bertz CT molecular complexity index is 3700. The van der Waals surface area contributed by atoms with Crippen molar-refractivity contribution >= 4 is 77.7 Å². The molecular weight excluding hydrogens is 873 g/mol. The average molecular weight is 923 g/mol. The summed E-state index contributed by atoms with van der Waals surface area (Å²) in [6.07, 6.45) is 0. The Balaban J connectivity index is 0.873. The minimum Gasteiger partial charge on any atom is -0.311 e. The van der Waals surface area contributed by atoms with Crippen LogP contribution in [0.2, 0.25) is 0 Å². The maximum atomic E-state index is 2.45. The number of hydrogen-bond donors (Lipinski definition) is 0. The van der Waals surface area contributed by atoms with Gasteiger partial charge in [0.15, 0.2) is 0 Å². The van der Waals surface area contributed by atoms with Crippen LogP contribution in [0.25, 0.3) is 77.2 Å².